The molecular formula is C14H14FN3OS. The molecule has 1 amide bonds. The van der Waals surface area contributed by atoms with Crippen molar-refractivity contribution in [3.8, 4) is 0 Å². The molecule has 3 rings (SSSR count). The van der Waals surface area contributed by atoms with Crippen LogP contribution >= 0.6 is 11.3 Å². The maximum absolute atomic E-state index is 12.9. The lowest BCUT2D eigenvalue weighted by Crippen LogP contribution is -2.32. The van der Waals surface area contributed by atoms with Crippen molar-refractivity contribution in [1.82, 2.24) is 9.88 Å². The van der Waals surface area contributed by atoms with E-state index in [0.717, 1.165) is 18.4 Å². The van der Waals surface area contributed by atoms with Gasteiger partial charge in [0.15, 0.2) is 5.13 Å². The fourth-order valence-corrected chi connectivity index (χ4v) is 2.61. The van der Waals surface area contributed by atoms with Gasteiger partial charge < -0.3 is 10.6 Å². The minimum Gasteiger partial charge on any atom is -0.375 e. The number of thiazole rings is 1. The second kappa shape index (κ2) is 5.20. The number of rotatable bonds is 4. The van der Waals surface area contributed by atoms with Crippen molar-refractivity contribution in [1.29, 1.82) is 0 Å². The van der Waals surface area contributed by atoms with Gasteiger partial charge in [0.05, 0.1) is 0 Å². The molecule has 4 nitrogen and oxygen atoms in total. The Labute approximate surface area is 120 Å². The number of carbonyl (C=O) groups is 1. The highest BCUT2D eigenvalue weighted by Crippen LogP contribution is 2.30. The first-order valence-corrected chi connectivity index (χ1v) is 7.28. The Kier molecular flexibility index (Phi) is 3.40. The average molecular weight is 291 g/mol. The summed E-state index contributed by atoms with van der Waals surface area (Å²) in [5, 5.41) is 2.07. The lowest BCUT2D eigenvalue weighted by molar-refractivity contribution is 0.0725. The Morgan fingerprint density at radius 2 is 2.10 bits per heavy atom. The third kappa shape index (κ3) is 2.80. The number of halogens is 1. The zero-order chi connectivity index (χ0) is 14.1. The summed E-state index contributed by atoms with van der Waals surface area (Å²) >= 11 is 1.26. The van der Waals surface area contributed by atoms with Crippen molar-refractivity contribution in [2.45, 2.75) is 25.4 Å². The maximum atomic E-state index is 12.9. The molecule has 0 aliphatic heterocycles. The predicted molar refractivity (Wildman–Crippen MR) is 75.8 cm³/mol. The van der Waals surface area contributed by atoms with Gasteiger partial charge in [-0.3, -0.25) is 4.79 Å². The summed E-state index contributed by atoms with van der Waals surface area (Å²) in [5.41, 5.74) is 6.87. The second-order valence-electron chi connectivity index (χ2n) is 4.86. The van der Waals surface area contributed by atoms with Gasteiger partial charge in [-0.2, -0.15) is 0 Å². The van der Waals surface area contributed by atoms with Crippen molar-refractivity contribution >= 4 is 22.4 Å². The molecule has 6 heteroatoms. The zero-order valence-electron chi connectivity index (χ0n) is 10.8. The van der Waals surface area contributed by atoms with Crippen molar-refractivity contribution in [3.63, 3.8) is 0 Å². The molecule has 1 fully saturated rings. The number of aromatic nitrogens is 1. The van der Waals surface area contributed by atoms with Gasteiger partial charge in [-0.05, 0) is 30.5 Å². The van der Waals surface area contributed by atoms with Crippen LogP contribution in [-0.4, -0.2) is 21.8 Å². The first kappa shape index (κ1) is 13.1. The zero-order valence-corrected chi connectivity index (χ0v) is 11.6. The third-order valence-electron chi connectivity index (χ3n) is 3.26. The van der Waals surface area contributed by atoms with Gasteiger partial charge in [0.2, 0.25) is 0 Å². The number of nitrogens with two attached hydrogens (primary N) is 1. The number of anilines is 1. The molecule has 1 aromatic heterocycles. The van der Waals surface area contributed by atoms with Gasteiger partial charge in [-0.1, -0.05) is 12.1 Å². The van der Waals surface area contributed by atoms with Gasteiger partial charge in [-0.25, -0.2) is 9.37 Å². The van der Waals surface area contributed by atoms with E-state index < -0.39 is 0 Å². The van der Waals surface area contributed by atoms with Crippen LogP contribution in [0.25, 0.3) is 0 Å². The first-order chi connectivity index (χ1) is 9.63. The van der Waals surface area contributed by atoms with E-state index in [1.54, 1.807) is 22.4 Å². The summed E-state index contributed by atoms with van der Waals surface area (Å²) in [6.45, 7) is 0.473. The van der Waals surface area contributed by atoms with E-state index in [0.29, 0.717) is 17.4 Å². The lowest BCUT2D eigenvalue weighted by atomic mass is 10.2. The van der Waals surface area contributed by atoms with Crippen LogP contribution in [-0.2, 0) is 6.54 Å². The van der Waals surface area contributed by atoms with E-state index >= 15 is 0 Å². The summed E-state index contributed by atoms with van der Waals surface area (Å²) in [5.74, 6) is -0.380. The number of benzene rings is 1. The van der Waals surface area contributed by atoms with Crippen molar-refractivity contribution in [2.75, 3.05) is 5.73 Å². The van der Waals surface area contributed by atoms with Crippen molar-refractivity contribution < 1.29 is 9.18 Å². The molecule has 2 aromatic rings. The average Bonchev–Trinajstić information content (AvgIpc) is 3.19. The van der Waals surface area contributed by atoms with Crippen LogP contribution in [0.2, 0.25) is 0 Å². The summed E-state index contributed by atoms with van der Waals surface area (Å²) in [6.07, 6.45) is 2.01. The summed E-state index contributed by atoms with van der Waals surface area (Å²) in [7, 11) is 0. The van der Waals surface area contributed by atoms with Crippen molar-refractivity contribution in [3.05, 3.63) is 46.7 Å². The van der Waals surface area contributed by atoms with E-state index in [2.05, 4.69) is 4.98 Å². The fourth-order valence-electron chi connectivity index (χ4n) is 2.07. The molecule has 2 N–H and O–H groups in total. The Morgan fingerprint density at radius 3 is 2.65 bits per heavy atom. The van der Waals surface area contributed by atoms with E-state index in [-0.39, 0.29) is 17.8 Å². The molecule has 0 atom stereocenters. The van der Waals surface area contributed by atoms with E-state index in [9.17, 15) is 9.18 Å². The Hall–Kier alpha value is -1.95. The predicted octanol–water partition coefficient (Wildman–Crippen LogP) is 2.67. The van der Waals surface area contributed by atoms with Gasteiger partial charge in [-0.15, -0.1) is 11.3 Å². The quantitative estimate of drug-likeness (QED) is 0.942. The number of amides is 1. The molecule has 20 heavy (non-hydrogen) atoms. The topological polar surface area (TPSA) is 59.2 Å². The lowest BCUT2D eigenvalue weighted by Gasteiger charge is -2.21. The molecule has 0 saturated heterocycles. The van der Waals surface area contributed by atoms with Gasteiger partial charge in [0.25, 0.3) is 5.91 Å². The molecule has 1 aliphatic rings. The van der Waals surface area contributed by atoms with Crippen LogP contribution in [0.15, 0.2) is 29.6 Å². The minimum absolute atomic E-state index is 0.107. The molecule has 1 heterocycles. The highest BCUT2D eigenvalue weighted by Gasteiger charge is 2.33. The molecular weight excluding hydrogens is 277 g/mol. The Bertz CT molecular complexity index is 622. The molecule has 104 valence electrons. The van der Waals surface area contributed by atoms with Crippen LogP contribution in [0.3, 0.4) is 0 Å². The van der Waals surface area contributed by atoms with Gasteiger partial charge in [0, 0.05) is 18.0 Å². The van der Waals surface area contributed by atoms with Crippen LogP contribution in [0.4, 0.5) is 9.52 Å². The Balaban J connectivity index is 1.79. The number of hydrogen-bond acceptors (Lipinski definition) is 4. The largest absolute Gasteiger partial charge is 0.375 e. The second-order valence-corrected chi connectivity index (χ2v) is 5.75. The molecule has 1 aliphatic carbocycles. The SMILES string of the molecule is Nc1nc(C(=O)N(Cc2ccc(F)cc2)C2CC2)cs1. The number of nitrogens with zero attached hydrogens (tertiary/aromatic N) is 2. The highest BCUT2D eigenvalue weighted by molar-refractivity contribution is 7.13. The van der Waals surface area contributed by atoms with Crippen LogP contribution in [0.5, 0.6) is 0 Å². The minimum atomic E-state index is -0.273. The molecule has 1 aromatic carbocycles. The summed E-state index contributed by atoms with van der Waals surface area (Å²) in [6, 6.07) is 6.48. The van der Waals surface area contributed by atoms with Crippen LogP contribution in [0.1, 0.15) is 28.9 Å². The molecule has 0 unspecified atom stereocenters. The van der Waals surface area contributed by atoms with Crippen LogP contribution < -0.4 is 5.73 Å². The highest BCUT2D eigenvalue weighted by atomic mass is 32.1. The van der Waals surface area contributed by atoms with E-state index in [4.69, 9.17) is 5.73 Å². The van der Waals surface area contributed by atoms with Crippen LogP contribution in [0, 0.1) is 5.82 Å². The van der Waals surface area contributed by atoms with E-state index in [1.165, 1.54) is 23.5 Å². The maximum Gasteiger partial charge on any atom is 0.273 e. The molecule has 0 bridgehead atoms. The van der Waals surface area contributed by atoms with Gasteiger partial charge in [0.1, 0.15) is 11.5 Å². The summed E-state index contributed by atoms with van der Waals surface area (Å²) < 4.78 is 12.9. The monoisotopic (exact) mass is 291 g/mol. The number of nitrogen functional groups attached to an aromatic ring is 1. The molecule has 0 radical (unpaired) electrons. The third-order valence-corrected chi connectivity index (χ3v) is 3.93. The fraction of sp³-hybridized carbons (Fsp3) is 0.286. The molecule has 0 spiro atoms. The van der Waals surface area contributed by atoms with Crippen molar-refractivity contribution in [2.24, 2.45) is 0 Å². The normalized spacial score (nSPS) is 14.2. The van der Waals surface area contributed by atoms with Gasteiger partial charge >= 0.3 is 0 Å². The number of carbonyl (C=O) groups excluding carboxylic acids is 1. The standard InChI is InChI=1S/C14H14FN3OS/c15-10-3-1-9(2-4-10)7-18(11-5-6-11)13(19)12-8-20-14(16)17-12/h1-4,8,11H,5-7H2,(H2,16,17). The first-order valence-electron chi connectivity index (χ1n) is 6.40. The molecule has 1 saturated carbocycles. The number of hydrogen-bond donors (Lipinski definition) is 1. The smallest absolute Gasteiger partial charge is 0.273 e. The Morgan fingerprint density at radius 1 is 1.40 bits per heavy atom. The van der Waals surface area contributed by atoms with E-state index in [1.807, 2.05) is 0 Å². The summed E-state index contributed by atoms with van der Waals surface area (Å²) in [4.78, 5) is 18.3.